The number of aryl methyl sites for hydroxylation is 1. The van der Waals surface area contributed by atoms with E-state index < -0.39 is 0 Å². The Morgan fingerprint density at radius 3 is 2.23 bits per heavy atom. The Balaban J connectivity index is 1.57. The first-order valence-corrected chi connectivity index (χ1v) is 8.66. The van der Waals surface area contributed by atoms with Gasteiger partial charge in [0.2, 0.25) is 0 Å². The fourth-order valence-corrected chi connectivity index (χ4v) is 2.67. The smallest absolute Gasteiger partial charge is 0.271 e. The number of aromatic nitrogens is 2. The van der Waals surface area contributed by atoms with Gasteiger partial charge < -0.3 is 5.32 Å². The number of carbonyl (C=O) groups is 1. The van der Waals surface area contributed by atoms with E-state index >= 15 is 0 Å². The molecule has 1 aromatic heterocycles. The first-order valence-electron chi connectivity index (χ1n) is 8.66. The minimum Gasteiger partial charge on any atom is -0.351 e. The van der Waals surface area contributed by atoms with Crippen molar-refractivity contribution >= 4 is 5.91 Å². The van der Waals surface area contributed by atoms with Crippen molar-refractivity contribution in [3.63, 3.8) is 0 Å². The van der Waals surface area contributed by atoms with Crippen LogP contribution in [0, 0.1) is 0 Å². The van der Waals surface area contributed by atoms with Gasteiger partial charge in [-0.2, -0.15) is 5.10 Å². The molecule has 0 spiro atoms. The molecule has 1 heterocycles. The largest absolute Gasteiger partial charge is 0.351 e. The third-order valence-corrected chi connectivity index (χ3v) is 4.05. The van der Waals surface area contributed by atoms with Gasteiger partial charge >= 0.3 is 0 Å². The quantitative estimate of drug-likeness (QED) is 0.668. The molecule has 0 unspecified atom stereocenters. The third-order valence-electron chi connectivity index (χ3n) is 4.05. The molecule has 0 aliphatic rings. The van der Waals surface area contributed by atoms with Gasteiger partial charge in [-0.05, 0) is 30.0 Å². The average Bonchev–Trinajstić information content (AvgIpc) is 2.68. The lowest BCUT2D eigenvalue weighted by molar-refractivity contribution is 0.0945. The number of nitrogens with zero attached hydrogens (tertiary/aromatic N) is 2. The molecular weight excluding hydrogens is 326 g/mol. The predicted molar refractivity (Wildman–Crippen MR) is 101 cm³/mol. The van der Waals surface area contributed by atoms with E-state index in [1.807, 2.05) is 48.5 Å². The Labute approximate surface area is 152 Å². The maximum Gasteiger partial charge on any atom is 0.271 e. The van der Waals surface area contributed by atoms with E-state index in [2.05, 4.69) is 22.5 Å². The fourth-order valence-electron chi connectivity index (χ4n) is 2.67. The van der Waals surface area contributed by atoms with Crippen LogP contribution in [0.4, 0.5) is 0 Å². The van der Waals surface area contributed by atoms with Crippen molar-refractivity contribution < 1.29 is 4.79 Å². The lowest BCUT2D eigenvalue weighted by atomic mass is 10.1. The molecule has 26 heavy (non-hydrogen) atoms. The Hall–Kier alpha value is -3.21. The fraction of sp³-hybridized carbons (Fsp3) is 0.190. The molecule has 0 fully saturated rings. The summed E-state index contributed by atoms with van der Waals surface area (Å²) in [5, 5.41) is 7.06. The molecular formula is C21H21N3O2. The maximum atomic E-state index is 12.3. The predicted octanol–water partition coefficient (Wildman–Crippen LogP) is 2.65. The van der Waals surface area contributed by atoms with Crippen LogP contribution in [-0.4, -0.2) is 22.2 Å². The average molecular weight is 347 g/mol. The molecule has 3 aromatic rings. The second-order valence-corrected chi connectivity index (χ2v) is 6.05. The molecule has 0 saturated carbocycles. The molecule has 3 rings (SSSR count). The van der Waals surface area contributed by atoms with E-state index in [1.165, 1.54) is 22.4 Å². The van der Waals surface area contributed by atoms with E-state index in [-0.39, 0.29) is 17.2 Å². The first-order chi connectivity index (χ1) is 12.7. The molecule has 5 nitrogen and oxygen atoms in total. The van der Waals surface area contributed by atoms with E-state index in [1.54, 1.807) is 0 Å². The normalized spacial score (nSPS) is 10.5. The van der Waals surface area contributed by atoms with Gasteiger partial charge in [-0.25, -0.2) is 4.68 Å². The van der Waals surface area contributed by atoms with Crippen molar-refractivity contribution in [1.29, 1.82) is 0 Å². The number of hydrogen-bond acceptors (Lipinski definition) is 3. The topological polar surface area (TPSA) is 64.0 Å². The van der Waals surface area contributed by atoms with Gasteiger partial charge in [-0.3, -0.25) is 9.59 Å². The summed E-state index contributed by atoms with van der Waals surface area (Å²) in [7, 11) is 0. The number of hydrogen-bond donors (Lipinski definition) is 1. The maximum absolute atomic E-state index is 12.3. The minimum absolute atomic E-state index is 0.227. The van der Waals surface area contributed by atoms with Crippen LogP contribution < -0.4 is 10.9 Å². The Morgan fingerprint density at radius 2 is 1.54 bits per heavy atom. The third kappa shape index (κ3) is 4.89. The van der Waals surface area contributed by atoms with Gasteiger partial charge in [0.25, 0.3) is 11.5 Å². The van der Waals surface area contributed by atoms with Crippen molar-refractivity contribution in [3.05, 3.63) is 100.0 Å². The summed E-state index contributed by atoms with van der Waals surface area (Å²) in [6.45, 7) is 0.905. The molecule has 0 bridgehead atoms. The molecule has 1 amide bonds. The van der Waals surface area contributed by atoms with Crippen molar-refractivity contribution in [2.75, 3.05) is 6.54 Å². The number of amides is 1. The Kier molecular flexibility index (Phi) is 5.93. The zero-order valence-corrected chi connectivity index (χ0v) is 14.5. The SMILES string of the molecule is O=C(NCCCc1ccccc1)c1ccc(=O)n(Cc2ccccc2)n1. The second-order valence-electron chi connectivity index (χ2n) is 6.05. The summed E-state index contributed by atoms with van der Waals surface area (Å²) >= 11 is 0. The molecule has 0 saturated heterocycles. The van der Waals surface area contributed by atoms with Crippen LogP contribution in [0.2, 0.25) is 0 Å². The molecule has 0 radical (unpaired) electrons. The summed E-state index contributed by atoms with van der Waals surface area (Å²) in [4.78, 5) is 24.3. The van der Waals surface area contributed by atoms with Gasteiger partial charge in [-0.1, -0.05) is 60.7 Å². The second kappa shape index (κ2) is 8.76. The van der Waals surface area contributed by atoms with Crippen molar-refractivity contribution in [2.45, 2.75) is 19.4 Å². The first kappa shape index (κ1) is 17.6. The molecule has 0 atom stereocenters. The monoisotopic (exact) mass is 347 g/mol. The lowest BCUT2D eigenvalue weighted by Gasteiger charge is -2.08. The van der Waals surface area contributed by atoms with Crippen LogP contribution in [0.3, 0.4) is 0 Å². The van der Waals surface area contributed by atoms with Crippen LogP contribution in [0.1, 0.15) is 28.0 Å². The van der Waals surface area contributed by atoms with Crippen LogP contribution in [0.5, 0.6) is 0 Å². The Morgan fingerprint density at radius 1 is 0.885 bits per heavy atom. The summed E-state index contributed by atoms with van der Waals surface area (Å²) in [6.07, 6.45) is 1.75. The molecule has 0 aliphatic carbocycles. The number of rotatable bonds is 7. The molecule has 1 N–H and O–H groups in total. The highest BCUT2D eigenvalue weighted by atomic mass is 16.2. The van der Waals surface area contributed by atoms with E-state index in [0.717, 1.165) is 18.4 Å². The van der Waals surface area contributed by atoms with Crippen molar-refractivity contribution in [1.82, 2.24) is 15.1 Å². The van der Waals surface area contributed by atoms with Crippen LogP contribution in [0.25, 0.3) is 0 Å². The van der Waals surface area contributed by atoms with Gasteiger partial charge in [0, 0.05) is 12.6 Å². The van der Waals surface area contributed by atoms with Crippen molar-refractivity contribution in [3.8, 4) is 0 Å². The van der Waals surface area contributed by atoms with Crippen molar-refractivity contribution in [2.24, 2.45) is 0 Å². The highest BCUT2D eigenvalue weighted by Crippen LogP contribution is 2.02. The number of carbonyl (C=O) groups excluding carboxylic acids is 1. The van der Waals surface area contributed by atoms with Crippen LogP contribution in [-0.2, 0) is 13.0 Å². The van der Waals surface area contributed by atoms with Gasteiger partial charge in [0.15, 0.2) is 0 Å². The standard InChI is InChI=1S/C21H21N3O2/c25-20-14-13-19(23-24(20)16-18-10-5-2-6-11-18)21(26)22-15-7-12-17-8-3-1-4-9-17/h1-6,8-11,13-14H,7,12,15-16H2,(H,22,26). The molecule has 0 aliphatic heterocycles. The number of nitrogens with one attached hydrogen (secondary N) is 1. The van der Waals surface area contributed by atoms with Gasteiger partial charge in [0.05, 0.1) is 6.54 Å². The highest BCUT2D eigenvalue weighted by molar-refractivity contribution is 5.91. The van der Waals surface area contributed by atoms with E-state index in [9.17, 15) is 9.59 Å². The summed E-state index contributed by atoms with van der Waals surface area (Å²) in [5.41, 5.74) is 2.23. The zero-order valence-electron chi connectivity index (χ0n) is 14.5. The molecule has 132 valence electrons. The molecule has 5 heteroatoms. The summed E-state index contributed by atoms with van der Waals surface area (Å²) in [5.74, 6) is -0.264. The van der Waals surface area contributed by atoms with Gasteiger partial charge in [-0.15, -0.1) is 0 Å². The minimum atomic E-state index is -0.264. The highest BCUT2D eigenvalue weighted by Gasteiger charge is 2.09. The van der Waals surface area contributed by atoms with E-state index in [4.69, 9.17) is 0 Å². The number of benzene rings is 2. The van der Waals surface area contributed by atoms with Crippen LogP contribution >= 0.6 is 0 Å². The van der Waals surface area contributed by atoms with Crippen LogP contribution in [0.15, 0.2) is 77.6 Å². The lowest BCUT2D eigenvalue weighted by Crippen LogP contribution is -2.30. The summed E-state index contributed by atoms with van der Waals surface area (Å²) in [6, 6.07) is 22.6. The summed E-state index contributed by atoms with van der Waals surface area (Å²) < 4.78 is 1.31. The zero-order chi connectivity index (χ0) is 18.2. The Bertz CT molecular complexity index is 905. The molecule has 2 aromatic carbocycles. The van der Waals surface area contributed by atoms with Gasteiger partial charge in [0.1, 0.15) is 5.69 Å². The van der Waals surface area contributed by atoms with E-state index in [0.29, 0.717) is 13.1 Å².